The molecule has 0 atom stereocenters. The Morgan fingerprint density at radius 1 is 1.24 bits per heavy atom. The molecule has 0 spiro atoms. The number of hydrogen-bond donors (Lipinski definition) is 0. The molecule has 5 nitrogen and oxygen atoms in total. The van der Waals surface area contributed by atoms with Crippen LogP contribution >= 0.6 is 15.9 Å². The van der Waals surface area contributed by atoms with Crippen molar-refractivity contribution in [3.63, 3.8) is 0 Å². The van der Waals surface area contributed by atoms with Gasteiger partial charge in [-0.3, -0.25) is 0 Å². The second-order valence-corrected chi connectivity index (χ2v) is 5.11. The number of aryl methyl sites for hydroxylation is 2. The number of nitrogens with zero attached hydrogens (tertiary/aromatic N) is 5. The van der Waals surface area contributed by atoms with Crippen molar-refractivity contribution in [2.24, 2.45) is 0 Å². The van der Waals surface area contributed by atoms with Crippen LogP contribution in [0.15, 0.2) is 10.7 Å². The average molecular weight is 294 g/mol. The van der Waals surface area contributed by atoms with Crippen LogP contribution in [0.2, 0.25) is 0 Å². The molecule has 2 aromatic heterocycles. The summed E-state index contributed by atoms with van der Waals surface area (Å²) in [7, 11) is 0. The Bertz CT molecular complexity index is 573. The van der Waals surface area contributed by atoms with Crippen LogP contribution in [0.1, 0.15) is 36.2 Å². The zero-order valence-corrected chi connectivity index (χ0v) is 11.3. The smallest absolute Gasteiger partial charge is 0.160 e. The van der Waals surface area contributed by atoms with Crippen molar-refractivity contribution < 1.29 is 0 Å². The molecule has 1 aliphatic rings. The molecule has 17 heavy (non-hydrogen) atoms. The van der Waals surface area contributed by atoms with Gasteiger partial charge in [-0.15, -0.1) is 5.10 Å². The molecule has 2 heterocycles. The van der Waals surface area contributed by atoms with E-state index in [1.165, 1.54) is 12.8 Å². The highest BCUT2D eigenvalue weighted by molar-refractivity contribution is 9.10. The van der Waals surface area contributed by atoms with E-state index in [4.69, 9.17) is 0 Å². The predicted molar refractivity (Wildman–Crippen MR) is 66.1 cm³/mol. The molecule has 0 aliphatic heterocycles. The number of hydrogen-bond acceptors (Lipinski definition) is 4. The molecule has 1 aliphatic carbocycles. The highest BCUT2D eigenvalue weighted by atomic mass is 79.9. The minimum Gasteiger partial charge on any atom is -0.226 e. The number of rotatable bonds is 2. The zero-order chi connectivity index (χ0) is 12.0. The minimum atomic E-state index is 0.524. The van der Waals surface area contributed by atoms with Gasteiger partial charge >= 0.3 is 0 Å². The maximum atomic E-state index is 4.56. The first-order valence-corrected chi connectivity index (χ1v) is 6.38. The molecule has 1 saturated carbocycles. The van der Waals surface area contributed by atoms with Gasteiger partial charge in [-0.25, -0.2) is 15.0 Å². The van der Waals surface area contributed by atoms with Crippen LogP contribution in [0.3, 0.4) is 0 Å². The Balaban J connectivity index is 2.10. The Hall–Kier alpha value is -1.30. The van der Waals surface area contributed by atoms with Gasteiger partial charge < -0.3 is 0 Å². The maximum absolute atomic E-state index is 4.56. The standard InChI is InChI=1S/C11H12BrN5/c1-6-13-7(2)17(16-6)10-5-9(12)14-11(15-10)8-3-4-8/h5,8H,3-4H2,1-2H3. The molecule has 88 valence electrons. The second-order valence-electron chi connectivity index (χ2n) is 4.30. The molecule has 6 heteroatoms. The molecule has 0 bridgehead atoms. The summed E-state index contributed by atoms with van der Waals surface area (Å²) in [5.74, 6) is 3.81. The molecular weight excluding hydrogens is 282 g/mol. The SMILES string of the molecule is Cc1nc(C)n(-c2cc(Br)nc(C3CC3)n2)n1. The van der Waals surface area contributed by atoms with Crippen molar-refractivity contribution in [3.05, 3.63) is 28.1 Å². The van der Waals surface area contributed by atoms with Gasteiger partial charge in [0.15, 0.2) is 5.82 Å². The minimum absolute atomic E-state index is 0.524. The van der Waals surface area contributed by atoms with Crippen molar-refractivity contribution in [3.8, 4) is 5.82 Å². The monoisotopic (exact) mass is 293 g/mol. The van der Waals surface area contributed by atoms with E-state index in [1.807, 2.05) is 19.9 Å². The highest BCUT2D eigenvalue weighted by Crippen LogP contribution is 2.38. The van der Waals surface area contributed by atoms with E-state index in [0.717, 1.165) is 27.9 Å². The lowest BCUT2D eigenvalue weighted by molar-refractivity contribution is 0.775. The normalized spacial score (nSPS) is 15.2. The quantitative estimate of drug-likeness (QED) is 0.798. The molecule has 2 aromatic rings. The number of halogens is 1. The third kappa shape index (κ3) is 2.09. The van der Waals surface area contributed by atoms with E-state index in [9.17, 15) is 0 Å². The van der Waals surface area contributed by atoms with Crippen LogP contribution in [-0.4, -0.2) is 24.7 Å². The first-order chi connectivity index (χ1) is 8.13. The van der Waals surface area contributed by atoms with E-state index in [-0.39, 0.29) is 0 Å². The third-order valence-electron chi connectivity index (χ3n) is 2.73. The van der Waals surface area contributed by atoms with E-state index in [2.05, 4.69) is 36.0 Å². The zero-order valence-electron chi connectivity index (χ0n) is 9.68. The van der Waals surface area contributed by atoms with Crippen LogP contribution in [0.25, 0.3) is 5.82 Å². The van der Waals surface area contributed by atoms with E-state index < -0.39 is 0 Å². The summed E-state index contributed by atoms with van der Waals surface area (Å²) in [5, 5.41) is 4.34. The summed E-state index contributed by atoms with van der Waals surface area (Å²) >= 11 is 3.43. The second kappa shape index (κ2) is 3.87. The number of aromatic nitrogens is 5. The summed E-state index contributed by atoms with van der Waals surface area (Å²) in [6, 6.07) is 1.87. The Kier molecular flexibility index (Phi) is 2.47. The fourth-order valence-electron chi connectivity index (χ4n) is 1.79. The average Bonchev–Trinajstić information content (AvgIpc) is 3.04. The van der Waals surface area contributed by atoms with Crippen LogP contribution < -0.4 is 0 Å². The molecule has 0 saturated heterocycles. The van der Waals surface area contributed by atoms with Gasteiger partial charge in [-0.05, 0) is 42.6 Å². The maximum Gasteiger partial charge on any atom is 0.160 e. The van der Waals surface area contributed by atoms with Gasteiger partial charge in [0.1, 0.15) is 22.1 Å². The van der Waals surface area contributed by atoms with Crippen molar-refractivity contribution >= 4 is 15.9 Å². The summed E-state index contributed by atoms with van der Waals surface area (Å²) in [4.78, 5) is 13.2. The molecule has 1 fully saturated rings. The lowest BCUT2D eigenvalue weighted by Gasteiger charge is -2.05. The van der Waals surface area contributed by atoms with Gasteiger partial charge in [0.25, 0.3) is 0 Å². The van der Waals surface area contributed by atoms with Crippen LogP contribution in [-0.2, 0) is 0 Å². The van der Waals surface area contributed by atoms with Crippen molar-refractivity contribution in [2.45, 2.75) is 32.6 Å². The molecule has 0 unspecified atom stereocenters. The van der Waals surface area contributed by atoms with Crippen molar-refractivity contribution in [1.29, 1.82) is 0 Å². The molecule has 0 amide bonds. The van der Waals surface area contributed by atoms with Crippen LogP contribution in [0.4, 0.5) is 0 Å². The van der Waals surface area contributed by atoms with Gasteiger partial charge in [0.2, 0.25) is 0 Å². The van der Waals surface area contributed by atoms with E-state index in [0.29, 0.717) is 5.92 Å². The lowest BCUT2D eigenvalue weighted by atomic mass is 10.4. The largest absolute Gasteiger partial charge is 0.226 e. The van der Waals surface area contributed by atoms with Crippen molar-refractivity contribution in [1.82, 2.24) is 24.7 Å². The lowest BCUT2D eigenvalue weighted by Crippen LogP contribution is -2.05. The van der Waals surface area contributed by atoms with E-state index >= 15 is 0 Å². The first kappa shape index (κ1) is 10.8. The highest BCUT2D eigenvalue weighted by Gasteiger charge is 2.27. The Morgan fingerprint density at radius 2 is 2.00 bits per heavy atom. The summed E-state index contributed by atoms with van der Waals surface area (Å²) in [6.07, 6.45) is 2.37. The van der Waals surface area contributed by atoms with Gasteiger partial charge in [0, 0.05) is 12.0 Å². The Labute approximate surface area is 107 Å². The van der Waals surface area contributed by atoms with Gasteiger partial charge in [-0.1, -0.05) is 0 Å². The van der Waals surface area contributed by atoms with Gasteiger partial charge in [-0.2, -0.15) is 4.68 Å². The molecule has 0 aromatic carbocycles. The molecule has 3 rings (SSSR count). The van der Waals surface area contributed by atoms with Crippen LogP contribution in [0, 0.1) is 13.8 Å². The van der Waals surface area contributed by atoms with Crippen molar-refractivity contribution in [2.75, 3.05) is 0 Å². The van der Waals surface area contributed by atoms with Gasteiger partial charge in [0.05, 0.1) is 0 Å². The molecule has 0 N–H and O–H groups in total. The summed E-state index contributed by atoms with van der Waals surface area (Å²) < 4.78 is 2.56. The molecular formula is C11H12BrN5. The van der Waals surface area contributed by atoms with Crippen LogP contribution in [0.5, 0.6) is 0 Å². The summed E-state index contributed by atoms with van der Waals surface area (Å²) in [5.41, 5.74) is 0. The Morgan fingerprint density at radius 3 is 2.59 bits per heavy atom. The third-order valence-corrected chi connectivity index (χ3v) is 3.14. The van der Waals surface area contributed by atoms with E-state index in [1.54, 1.807) is 4.68 Å². The summed E-state index contributed by atoms with van der Waals surface area (Å²) in [6.45, 7) is 3.80. The fourth-order valence-corrected chi connectivity index (χ4v) is 2.18. The topological polar surface area (TPSA) is 56.5 Å². The fraction of sp³-hybridized carbons (Fsp3) is 0.455. The first-order valence-electron chi connectivity index (χ1n) is 5.58. The predicted octanol–water partition coefficient (Wildman–Crippen LogP) is 2.31. The molecule has 0 radical (unpaired) electrons.